The first-order chi connectivity index (χ1) is 8.00. The number of carbonyl (C=O) groups is 2. The summed E-state index contributed by atoms with van der Waals surface area (Å²) in [4.78, 5) is 23.6. The Morgan fingerprint density at radius 2 is 2.18 bits per heavy atom. The topological polar surface area (TPSA) is 70.8 Å². The summed E-state index contributed by atoms with van der Waals surface area (Å²) in [5.41, 5.74) is 0. The van der Waals surface area contributed by atoms with Gasteiger partial charge in [-0.05, 0) is 26.0 Å². The maximum Gasteiger partial charge on any atom is 0.328 e. The molecule has 0 atom stereocenters. The van der Waals surface area contributed by atoms with Crippen LogP contribution >= 0.6 is 0 Å². The fraction of sp³-hybridized carbons (Fsp3) is 0.333. The number of rotatable bonds is 5. The highest BCUT2D eigenvalue weighted by atomic mass is 16.4. The van der Waals surface area contributed by atoms with Gasteiger partial charge in [-0.3, -0.25) is 4.79 Å². The molecule has 0 fully saturated rings. The van der Waals surface area contributed by atoms with Gasteiger partial charge < -0.3 is 14.4 Å². The number of carboxylic acids is 1. The van der Waals surface area contributed by atoms with E-state index in [2.05, 4.69) is 0 Å². The highest BCUT2D eigenvalue weighted by molar-refractivity contribution is 5.94. The zero-order chi connectivity index (χ0) is 12.8. The SMILES string of the molecule is CC(C)N(Cc1ccco1)C(=O)/C=C/C(=O)O. The van der Waals surface area contributed by atoms with Crippen molar-refractivity contribution >= 4 is 11.9 Å². The molecule has 17 heavy (non-hydrogen) atoms. The van der Waals surface area contributed by atoms with Gasteiger partial charge in [0.1, 0.15) is 5.76 Å². The van der Waals surface area contributed by atoms with E-state index in [1.165, 1.54) is 11.2 Å². The van der Waals surface area contributed by atoms with Crippen LogP contribution in [0, 0.1) is 0 Å². The minimum absolute atomic E-state index is 0.0361. The van der Waals surface area contributed by atoms with Crippen molar-refractivity contribution < 1.29 is 19.1 Å². The molecule has 0 bridgehead atoms. The molecule has 1 N–H and O–H groups in total. The average Bonchev–Trinajstić information content (AvgIpc) is 2.74. The summed E-state index contributed by atoms with van der Waals surface area (Å²) in [6.45, 7) is 4.04. The van der Waals surface area contributed by atoms with Crippen LogP contribution in [-0.4, -0.2) is 27.9 Å². The van der Waals surface area contributed by atoms with Crippen molar-refractivity contribution in [3.05, 3.63) is 36.3 Å². The number of carboxylic acid groups (broad SMARTS) is 1. The normalized spacial score (nSPS) is 11.0. The zero-order valence-corrected chi connectivity index (χ0v) is 9.79. The highest BCUT2D eigenvalue weighted by Gasteiger charge is 2.16. The summed E-state index contributed by atoms with van der Waals surface area (Å²) >= 11 is 0. The molecule has 0 saturated carbocycles. The van der Waals surface area contributed by atoms with Gasteiger partial charge in [0.2, 0.25) is 5.91 Å². The minimum Gasteiger partial charge on any atom is -0.478 e. The van der Waals surface area contributed by atoms with Crippen LogP contribution in [0.4, 0.5) is 0 Å². The molecule has 0 unspecified atom stereocenters. The van der Waals surface area contributed by atoms with Crippen LogP contribution in [0.1, 0.15) is 19.6 Å². The Balaban J connectivity index is 2.72. The molecule has 92 valence electrons. The third-order valence-electron chi connectivity index (χ3n) is 2.18. The number of nitrogens with zero attached hydrogens (tertiary/aromatic N) is 1. The van der Waals surface area contributed by atoms with E-state index in [1.807, 2.05) is 13.8 Å². The van der Waals surface area contributed by atoms with Crippen molar-refractivity contribution in [2.45, 2.75) is 26.4 Å². The molecule has 0 aliphatic rings. The van der Waals surface area contributed by atoms with E-state index < -0.39 is 5.97 Å². The van der Waals surface area contributed by atoms with Gasteiger partial charge in [0.25, 0.3) is 0 Å². The van der Waals surface area contributed by atoms with E-state index in [9.17, 15) is 9.59 Å². The summed E-state index contributed by atoms with van der Waals surface area (Å²) in [5.74, 6) is -0.824. The average molecular weight is 237 g/mol. The molecule has 1 amide bonds. The Morgan fingerprint density at radius 1 is 1.47 bits per heavy atom. The summed E-state index contributed by atoms with van der Waals surface area (Å²) in [6.07, 6.45) is 3.41. The number of furan rings is 1. The molecule has 1 rings (SSSR count). The molecule has 1 heterocycles. The first-order valence-corrected chi connectivity index (χ1v) is 5.24. The first kappa shape index (κ1) is 13.0. The van der Waals surface area contributed by atoms with Gasteiger partial charge in [0, 0.05) is 18.2 Å². The Labute approximate surface area is 99.3 Å². The molecule has 5 heteroatoms. The van der Waals surface area contributed by atoms with Crippen molar-refractivity contribution in [1.82, 2.24) is 4.90 Å². The number of amides is 1. The second kappa shape index (κ2) is 5.89. The molecule has 0 aromatic carbocycles. The van der Waals surface area contributed by atoms with E-state index >= 15 is 0 Å². The van der Waals surface area contributed by atoms with Crippen LogP contribution in [0.15, 0.2) is 35.0 Å². The lowest BCUT2D eigenvalue weighted by Gasteiger charge is -2.24. The largest absolute Gasteiger partial charge is 0.478 e. The Morgan fingerprint density at radius 3 is 2.65 bits per heavy atom. The lowest BCUT2D eigenvalue weighted by Crippen LogP contribution is -2.35. The molecule has 1 aromatic heterocycles. The quantitative estimate of drug-likeness (QED) is 0.790. The van der Waals surface area contributed by atoms with Gasteiger partial charge >= 0.3 is 5.97 Å². The molecule has 0 saturated heterocycles. The second-order valence-corrected chi connectivity index (χ2v) is 3.81. The van der Waals surface area contributed by atoms with Crippen LogP contribution in [0.3, 0.4) is 0 Å². The van der Waals surface area contributed by atoms with Gasteiger partial charge in [0.05, 0.1) is 12.8 Å². The van der Waals surface area contributed by atoms with Crippen LogP contribution in [0.2, 0.25) is 0 Å². The van der Waals surface area contributed by atoms with Gasteiger partial charge in [-0.2, -0.15) is 0 Å². The van der Waals surface area contributed by atoms with Gasteiger partial charge in [-0.1, -0.05) is 0 Å². The first-order valence-electron chi connectivity index (χ1n) is 5.24. The predicted octanol–water partition coefficient (Wildman–Crippen LogP) is 1.66. The highest BCUT2D eigenvalue weighted by Crippen LogP contribution is 2.09. The van der Waals surface area contributed by atoms with Crippen LogP contribution < -0.4 is 0 Å². The van der Waals surface area contributed by atoms with Crippen molar-refractivity contribution in [1.29, 1.82) is 0 Å². The molecule has 0 radical (unpaired) electrons. The van der Waals surface area contributed by atoms with Crippen molar-refractivity contribution in [3.63, 3.8) is 0 Å². The van der Waals surface area contributed by atoms with E-state index in [-0.39, 0.29) is 11.9 Å². The van der Waals surface area contributed by atoms with Crippen LogP contribution in [-0.2, 0) is 16.1 Å². The van der Waals surface area contributed by atoms with E-state index in [1.54, 1.807) is 12.1 Å². The van der Waals surface area contributed by atoms with E-state index in [4.69, 9.17) is 9.52 Å². The van der Waals surface area contributed by atoms with Gasteiger partial charge in [0.15, 0.2) is 0 Å². The van der Waals surface area contributed by atoms with Gasteiger partial charge in [-0.15, -0.1) is 0 Å². The Hall–Kier alpha value is -2.04. The van der Waals surface area contributed by atoms with Crippen molar-refractivity contribution in [2.75, 3.05) is 0 Å². The smallest absolute Gasteiger partial charge is 0.328 e. The molecular formula is C12H15NO4. The standard InChI is InChI=1S/C12H15NO4/c1-9(2)13(8-10-4-3-7-17-10)11(14)5-6-12(15)16/h3-7,9H,8H2,1-2H3,(H,15,16)/b6-5+. The fourth-order valence-electron chi connectivity index (χ4n) is 1.32. The summed E-state index contributed by atoms with van der Waals surface area (Å²) < 4.78 is 5.16. The monoisotopic (exact) mass is 237 g/mol. The van der Waals surface area contributed by atoms with E-state index in [0.29, 0.717) is 12.3 Å². The van der Waals surface area contributed by atoms with Crippen molar-refractivity contribution in [3.8, 4) is 0 Å². The molecule has 0 spiro atoms. The summed E-state index contributed by atoms with van der Waals surface area (Å²) in [5, 5.41) is 8.46. The second-order valence-electron chi connectivity index (χ2n) is 3.81. The van der Waals surface area contributed by atoms with Crippen LogP contribution in [0.5, 0.6) is 0 Å². The van der Waals surface area contributed by atoms with E-state index in [0.717, 1.165) is 12.2 Å². The number of hydrogen-bond acceptors (Lipinski definition) is 3. The van der Waals surface area contributed by atoms with Crippen LogP contribution in [0.25, 0.3) is 0 Å². The zero-order valence-electron chi connectivity index (χ0n) is 9.79. The Bertz CT molecular complexity index is 406. The number of hydrogen-bond donors (Lipinski definition) is 1. The third kappa shape index (κ3) is 4.14. The number of carbonyl (C=O) groups excluding carboxylic acids is 1. The molecule has 0 aliphatic carbocycles. The summed E-state index contributed by atoms with van der Waals surface area (Å²) in [6, 6.07) is 3.47. The maximum absolute atomic E-state index is 11.7. The lowest BCUT2D eigenvalue weighted by molar-refractivity contribution is -0.132. The lowest BCUT2D eigenvalue weighted by atomic mass is 10.2. The van der Waals surface area contributed by atoms with Gasteiger partial charge in [-0.25, -0.2) is 4.79 Å². The fourth-order valence-corrected chi connectivity index (χ4v) is 1.32. The third-order valence-corrected chi connectivity index (χ3v) is 2.18. The molecule has 1 aromatic rings. The maximum atomic E-state index is 11.7. The minimum atomic E-state index is -1.14. The Kier molecular flexibility index (Phi) is 4.51. The number of aliphatic carboxylic acids is 1. The molecule has 0 aliphatic heterocycles. The summed E-state index contributed by atoms with van der Waals surface area (Å²) in [7, 11) is 0. The predicted molar refractivity (Wildman–Crippen MR) is 61.2 cm³/mol. The molecule has 5 nitrogen and oxygen atoms in total. The molecular weight excluding hydrogens is 222 g/mol. The van der Waals surface area contributed by atoms with Crippen molar-refractivity contribution in [2.24, 2.45) is 0 Å².